The molecule has 2 fully saturated rings. The first-order valence-corrected chi connectivity index (χ1v) is 8.36. The molecule has 0 aromatic heterocycles. The van der Waals surface area contributed by atoms with Crippen molar-refractivity contribution in [1.29, 1.82) is 0 Å². The minimum absolute atomic E-state index is 0.175. The molecule has 0 amide bonds. The van der Waals surface area contributed by atoms with E-state index in [0.29, 0.717) is 6.61 Å². The van der Waals surface area contributed by atoms with Crippen molar-refractivity contribution >= 4 is 0 Å². The Hall–Kier alpha value is -1.22. The summed E-state index contributed by atoms with van der Waals surface area (Å²) >= 11 is 0. The van der Waals surface area contributed by atoms with Crippen LogP contribution < -0.4 is 4.74 Å². The fourth-order valence-corrected chi connectivity index (χ4v) is 3.27. The highest BCUT2D eigenvalue weighted by molar-refractivity contribution is 5.26. The third-order valence-corrected chi connectivity index (χ3v) is 4.44. The molecule has 0 bridgehead atoms. The highest BCUT2D eigenvalue weighted by Crippen LogP contribution is 2.39. The second kappa shape index (κ2) is 7.57. The van der Waals surface area contributed by atoms with Crippen molar-refractivity contribution in [1.82, 2.24) is 0 Å². The summed E-state index contributed by atoms with van der Waals surface area (Å²) in [6.07, 6.45) is -2.43. The van der Waals surface area contributed by atoms with Gasteiger partial charge in [0.05, 0.1) is 20.3 Å². The molecule has 0 saturated carbocycles. The van der Waals surface area contributed by atoms with E-state index in [0.717, 1.165) is 11.3 Å². The van der Waals surface area contributed by atoms with E-state index in [9.17, 15) is 5.11 Å². The van der Waals surface area contributed by atoms with Gasteiger partial charge in [-0.25, -0.2) is 0 Å². The minimum atomic E-state index is -0.767. The first-order chi connectivity index (χ1) is 12.0. The number of fused-ring (bicyclic) bond motifs is 1. The van der Waals surface area contributed by atoms with Crippen molar-refractivity contribution in [2.75, 3.05) is 20.8 Å². The summed E-state index contributed by atoms with van der Waals surface area (Å²) < 4.78 is 34.4. The van der Waals surface area contributed by atoms with Gasteiger partial charge in [0, 0.05) is 7.11 Å². The van der Waals surface area contributed by atoms with E-state index in [2.05, 4.69) is 0 Å². The second-order valence-corrected chi connectivity index (χ2v) is 6.65. The van der Waals surface area contributed by atoms with Crippen LogP contribution in [0.1, 0.15) is 19.4 Å². The molecule has 0 spiro atoms. The molecule has 7 heteroatoms. The van der Waals surface area contributed by atoms with E-state index in [1.807, 2.05) is 38.1 Å². The molecule has 1 aromatic carbocycles. The molecule has 2 saturated heterocycles. The van der Waals surface area contributed by atoms with Crippen molar-refractivity contribution in [3.8, 4) is 5.75 Å². The molecule has 140 valence electrons. The lowest BCUT2D eigenvalue weighted by molar-refractivity contribution is -0.286. The van der Waals surface area contributed by atoms with Gasteiger partial charge in [0.15, 0.2) is 12.1 Å². The zero-order valence-electron chi connectivity index (χ0n) is 15.0. The molecular formula is C18H26O7. The van der Waals surface area contributed by atoms with Crippen LogP contribution in [-0.4, -0.2) is 62.4 Å². The summed E-state index contributed by atoms with van der Waals surface area (Å²) in [5, 5.41) is 9.60. The highest BCUT2D eigenvalue weighted by atomic mass is 16.8. The number of methoxy groups -OCH3 is 2. The van der Waals surface area contributed by atoms with Crippen LogP contribution >= 0.6 is 0 Å². The van der Waals surface area contributed by atoms with E-state index in [1.54, 1.807) is 14.2 Å². The molecule has 3 rings (SSSR count). The fraction of sp³-hybridized carbons (Fsp3) is 0.667. The third-order valence-electron chi connectivity index (χ3n) is 4.44. The second-order valence-electron chi connectivity index (χ2n) is 6.65. The number of hydrogen-bond donors (Lipinski definition) is 1. The van der Waals surface area contributed by atoms with Gasteiger partial charge in [-0.2, -0.15) is 0 Å². The van der Waals surface area contributed by atoms with Crippen LogP contribution in [0.25, 0.3) is 0 Å². The summed E-state index contributed by atoms with van der Waals surface area (Å²) in [5.41, 5.74) is 0.995. The lowest BCUT2D eigenvalue weighted by atomic mass is 9.99. The predicted octanol–water partition coefficient (Wildman–Crippen LogP) is 1.46. The number of ether oxygens (including phenoxy) is 6. The van der Waals surface area contributed by atoms with Gasteiger partial charge in [0.1, 0.15) is 30.2 Å². The van der Waals surface area contributed by atoms with Gasteiger partial charge in [-0.1, -0.05) is 12.1 Å². The minimum Gasteiger partial charge on any atom is -0.497 e. The van der Waals surface area contributed by atoms with E-state index in [4.69, 9.17) is 28.4 Å². The maximum absolute atomic E-state index is 9.60. The van der Waals surface area contributed by atoms with Crippen LogP contribution in [0.5, 0.6) is 5.75 Å². The largest absolute Gasteiger partial charge is 0.497 e. The van der Waals surface area contributed by atoms with Crippen molar-refractivity contribution in [2.24, 2.45) is 0 Å². The molecule has 0 radical (unpaired) electrons. The Balaban J connectivity index is 1.72. The number of hydrogen-bond acceptors (Lipinski definition) is 7. The summed E-state index contributed by atoms with van der Waals surface area (Å²) in [7, 11) is 3.18. The van der Waals surface area contributed by atoms with Gasteiger partial charge in [-0.05, 0) is 31.5 Å². The summed E-state index contributed by atoms with van der Waals surface area (Å²) in [5.74, 6) is 0.0239. The Bertz CT molecular complexity index is 559. The van der Waals surface area contributed by atoms with Crippen molar-refractivity contribution in [3.63, 3.8) is 0 Å². The molecule has 0 aliphatic carbocycles. The van der Waals surface area contributed by atoms with Gasteiger partial charge in [-0.3, -0.25) is 0 Å². The SMILES string of the molecule is COc1ccc(CO[C@@H]2[C@@H](OC)O[C@H](CO)[C@H]3OC(C)(C)O[C@@H]23)cc1. The van der Waals surface area contributed by atoms with Crippen molar-refractivity contribution < 1.29 is 33.5 Å². The Morgan fingerprint density at radius 2 is 1.76 bits per heavy atom. The van der Waals surface area contributed by atoms with E-state index < -0.39 is 30.4 Å². The van der Waals surface area contributed by atoms with Crippen LogP contribution in [0.2, 0.25) is 0 Å². The first-order valence-electron chi connectivity index (χ1n) is 8.36. The molecule has 25 heavy (non-hydrogen) atoms. The van der Waals surface area contributed by atoms with Crippen LogP contribution in [0.3, 0.4) is 0 Å². The first kappa shape index (κ1) is 18.6. The zero-order valence-corrected chi connectivity index (χ0v) is 15.0. The maximum atomic E-state index is 9.60. The van der Waals surface area contributed by atoms with Gasteiger partial charge in [-0.15, -0.1) is 0 Å². The van der Waals surface area contributed by atoms with Crippen LogP contribution in [0, 0.1) is 0 Å². The fourth-order valence-electron chi connectivity index (χ4n) is 3.27. The Morgan fingerprint density at radius 3 is 2.36 bits per heavy atom. The number of rotatable bonds is 6. The van der Waals surface area contributed by atoms with E-state index >= 15 is 0 Å². The predicted molar refractivity (Wildman–Crippen MR) is 88.2 cm³/mol. The molecule has 7 nitrogen and oxygen atoms in total. The van der Waals surface area contributed by atoms with Gasteiger partial charge >= 0.3 is 0 Å². The van der Waals surface area contributed by atoms with Crippen LogP contribution in [-0.2, 0) is 30.3 Å². The standard InChI is InChI=1S/C18H26O7/c1-18(2)24-14-13(9-19)23-17(21-4)16(15(14)25-18)22-10-11-5-7-12(20-3)8-6-11/h5-8,13-17,19H,9-10H2,1-4H3/t13-,14-,15-,16+,17+/m1/s1. The summed E-state index contributed by atoms with van der Waals surface area (Å²) in [6.45, 7) is 3.87. The number of aliphatic hydroxyl groups excluding tert-OH is 1. The molecule has 5 atom stereocenters. The molecule has 2 aliphatic rings. The monoisotopic (exact) mass is 354 g/mol. The topological polar surface area (TPSA) is 75.6 Å². The number of benzene rings is 1. The van der Waals surface area contributed by atoms with E-state index in [-0.39, 0.29) is 12.7 Å². The Morgan fingerprint density at radius 1 is 1.08 bits per heavy atom. The van der Waals surface area contributed by atoms with Gasteiger partial charge < -0.3 is 33.5 Å². The average Bonchev–Trinajstić information content (AvgIpc) is 2.94. The Labute approximate surface area is 147 Å². The smallest absolute Gasteiger partial charge is 0.186 e. The van der Waals surface area contributed by atoms with Crippen LogP contribution in [0.15, 0.2) is 24.3 Å². The zero-order chi connectivity index (χ0) is 18.0. The lowest BCUT2D eigenvalue weighted by Crippen LogP contribution is -2.58. The molecular weight excluding hydrogens is 328 g/mol. The molecule has 1 N–H and O–H groups in total. The van der Waals surface area contributed by atoms with Crippen molar-refractivity contribution in [3.05, 3.63) is 29.8 Å². The normalized spacial score (nSPS) is 33.9. The van der Waals surface area contributed by atoms with Gasteiger partial charge in [0.2, 0.25) is 0 Å². The lowest BCUT2D eigenvalue weighted by Gasteiger charge is -2.40. The summed E-state index contributed by atoms with van der Waals surface area (Å²) in [4.78, 5) is 0. The summed E-state index contributed by atoms with van der Waals surface area (Å²) in [6, 6.07) is 7.64. The molecule has 2 heterocycles. The van der Waals surface area contributed by atoms with Gasteiger partial charge in [0.25, 0.3) is 0 Å². The van der Waals surface area contributed by atoms with Crippen molar-refractivity contribution in [2.45, 2.75) is 56.9 Å². The third kappa shape index (κ3) is 3.97. The van der Waals surface area contributed by atoms with Crippen LogP contribution in [0.4, 0.5) is 0 Å². The average molecular weight is 354 g/mol. The molecule has 2 aliphatic heterocycles. The Kier molecular flexibility index (Phi) is 5.62. The molecule has 1 aromatic rings. The highest BCUT2D eigenvalue weighted by Gasteiger charge is 2.55. The maximum Gasteiger partial charge on any atom is 0.186 e. The number of aliphatic hydroxyl groups is 1. The van der Waals surface area contributed by atoms with E-state index in [1.165, 1.54) is 0 Å². The molecule has 0 unspecified atom stereocenters. The quantitative estimate of drug-likeness (QED) is 0.829.